The van der Waals surface area contributed by atoms with Gasteiger partial charge >= 0.3 is 0 Å². The summed E-state index contributed by atoms with van der Waals surface area (Å²) < 4.78 is 5.76. The predicted molar refractivity (Wildman–Crippen MR) is 88.4 cm³/mol. The van der Waals surface area contributed by atoms with Gasteiger partial charge in [-0.3, -0.25) is 4.79 Å². The van der Waals surface area contributed by atoms with E-state index in [4.69, 9.17) is 4.42 Å². The summed E-state index contributed by atoms with van der Waals surface area (Å²) in [6.07, 6.45) is 7.21. The van der Waals surface area contributed by atoms with Gasteiger partial charge in [-0.2, -0.15) is 5.26 Å². The lowest BCUT2D eigenvalue weighted by molar-refractivity contribution is -0.118. The molecule has 1 amide bonds. The highest BCUT2D eigenvalue weighted by atomic mass is 16.3. The third kappa shape index (κ3) is 3.67. The number of hydrogen-bond donors (Lipinski definition) is 1. The molecule has 3 rings (SSSR count). The average Bonchev–Trinajstić information content (AvgIpc) is 3.09. The van der Waals surface area contributed by atoms with Crippen molar-refractivity contribution < 1.29 is 9.21 Å². The number of rotatable bonds is 4. The molecule has 122 valence electrons. The lowest BCUT2D eigenvalue weighted by Crippen LogP contribution is -2.41. The van der Waals surface area contributed by atoms with Gasteiger partial charge in [0.15, 0.2) is 0 Å². The van der Waals surface area contributed by atoms with Crippen molar-refractivity contribution in [3.05, 3.63) is 29.2 Å². The average molecular weight is 312 g/mol. The molecule has 0 saturated heterocycles. The fourth-order valence-corrected chi connectivity index (χ4v) is 3.43. The summed E-state index contributed by atoms with van der Waals surface area (Å²) in [7, 11) is 0. The van der Waals surface area contributed by atoms with Crippen LogP contribution in [0.15, 0.2) is 22.1 Å². The second-order valence-electron chi connectivity index (χ2n) is 7.07. The van der Waals surface area contributed by atoms with Crippen LogP contribution < -0.4 is 5.32 Å². The fraction of sp³-hybridized carbons (Fsp3) is 0.579. The molecule has 4 atom stereocenters. The molecule has 2 aliphatic carbocycles. The summed E-state index contributed by atoms with van der Waals surface area (Å²) in [5.74, 6) is 2.90. The first-order valence-electron chi connectivity index (χ1n) is 8.61. The zero-order valence-corrected chi connectivity index (χ0v) is 13.8. The third-order valence-corrected chi connectivity index (χ3v) is 5.20. The Morgan fingerprint density at radius 3 is 2.70 bits per heavy atom. The van der Waals surface area contributed by atoms with Gasteiger partial charge in [-0.1, -0.05) is 26.7 Å². The van der Waals surface area contributed by atoms with Gasteiger partial charge < -0.3 is 9.73 Å². The van der Waals surface area contributed by atoms with Gasteiger partial charge in [0.1, 0.15) is 23.2 Å². The van der Waals surface area contributed by atoms with E-state index in [1.807, 2.05) is 18.2 Å². The van der Waals surface area contributed by atoms with E-state index < -0.39 is 0 Å². The Hall–Kier alpha value is -2.02. The largest absolute Gasteiger partial charge is 0.461 e. The highest BCUT2D eigenvalue weighted by Gasteiger charge is 2.36. The number of furan rings is 1. The second-order valence-corrected chi connectivity index (χ2v) is 7.07. The first-order chi connectivity index (χ1) is 11.1. The molecule has 2 aliphatic rings. The normalized spacial score (nSPS) is 30.6. The van der Waals surface area contributed by atoms with Gasteiger partial charge in [-0.15, -0.1) is 0 Å². The maximum absolute atomic E-state index is 12.4. The van der Waals surface area contributed by atoms with Crippen LogP contribution in [-0.4, -0.2) is 11.9 Å². The van der Waals surface area contributed by atoms with Crippen LogP contribution in [-0.2, 0) is 4.79 Å². The lowest BCUT2D eigenvalue weighted by Gasteiger charge is -2.29. The first-order valence-corrected chi connectivity index (χ1v) is 8.61. The Bertz CT molecular complexity index is 653. The summed E-state index contributed by atoms with van der Waals surface area (Å²) >= 11 is 0. The number of carbonyl (C=O) groups is 1. The monoisotopic (exact) mass is 312 g/mol. The number of nitriles is 1. The number of nitrogens with zero attached hydrogens (tertiary/aromatic N) is 1. The van der Waals surface area contributed by atoms with E-state index in [0.717, 1.165) is 31.4 Å². The summed E-state index contributed by atoms with van der Waals surface area (Å²) in [4.78, 5) is 12.4. The summed E-state index contributed by atoms with van der Waals surface area (Å²) in [6, 6.07) is 5.98. The van der Waals surface area contributed by atoms with Crippen molar-refractivity contribution in [3.63, 3.8) is 0 Å². The molecule has 4 nitrogen and oxygen atoms in total. The van der Waals surface area contributed by atoms with Crippen molar-refractivity contribution in [1.82, 2.24) is 5.32 Å². The molecule has 4 heteroatoms. The van der Waals surface area contributed by atoms with E-state index in [0.29, 0.717) is 23.5 Å². The molecule has 0 unspecified atom stereocenters. The van der Waals surface area contributed by atoms with E-state index in [2.05, 4.69) is 19.2 Å². The molecule has 0 spiro atoms. The van der Waals surface area contributed by atoms with Gasteiger partial charge in [0.05, 0.1) is 0 Å². The highest BCUT2D eigenvalue weighted by Crippen LogP contribution is 2.47. The van der Waals surface area contributed by atoms with Gasteiger partial charge in [0, 0.05) is 18.0 Å². The van der Waals surface area contributed by atoms with Crippen molar-refractivity contribution in [2.24, 2.45) is 11.8 Å². The van der Waals surface area contributed by atoms with Gasteiger partial charge in [0.2, 0.25) is 0 Å². The van der Waals surface area contributed by atoms with Gasteiger partial charge in [-0.25, -0.2) is 0 Å². The zero-order chi connectivity index (χ0) is 16.4. The lowest BCUT2D eigenvalue weighted by atomic mass is 9.86. The predicted octanol–water partition coefficient (Wildman–Crippen LogP) is 4.00. The third-order valence-electron chi connectivity index (χ3n) is 5.20. The topological polar surface area (TPSA) is 66.0 Å². The van der Waals surface area contributed by atoms with Crippen molar-refractivity contribution in [2.75, 3.05) is 0 Å². The van der Waals surface area contributed by atoms with Crippen LogP contribution in [0.3, 0.4) is 0 Å². The Kier molecular flexibility index (Phi) is 4.56. The first kappa shape index (κ1) is 15.9. The minimum Gasteiger partial charge on any atom is -0.461 e. The molecule has 0 bridgehead atoms. The maximum atomic E-state index is 12.4. The van der Waals surface area contributed by atoms with Crippen LogP contribution in [0, 0.1) is 23.2 Å². The Morgan fingerprint density at radius 2 is 2.04 bits per heavy atom. The minimum atomic E-state index is -0.288. The van der Waals surface area contributed by atoms with Crippen LogP contribution in [0.2, 0.25) is 0 Å². The quantitative estimate of drug-likeness (QED) is 0.675. The van der Waals surface area contributed by atoms with Crippen LogP contribution in [0.4, 0.5) is 0 Å². The second kappa shape index (κ2) is 6.62. The molecular weight excluding hydrogens is 288 g/mol. The van der Waals surface area contributed by atoms with Gasteiger partial charge in [0.25, 0.3) is 5.91 Å². The number of carbonyl (C=O) groups excluding carboxylic acids is 1. The Labute approximate surface area is 137 Å². The van der Waals surface area contributed by atoms with E-state index in [1.165, 1.54) is 6.42 Å². The molecule has 0 aliphatic heterocycles. The molecule has 1 aromatic heterocycles. The van der Waals surface area contributed by atoms with Crippen LogP contribution in [0.5, 0.6) is 0 Å². The molecule has 2 fully saturated rings. The van der Waals surface area contributed by atoms with Crippen LogP contribution in [0.25, 0.3) is 6.08 Å². The van der Waals surface area contributed by atoms with Gasteiger partial charge in [-0.05, 0) is 43.2 Å². The van der Waals surface area contributed by atoms with E-state index in [9.17, 15) is 10.1 Å². The molecule has 1 aromatic rings. The minimum absolute atomic E-state index is 0.118. The number of amides is 1. The summed E-state index contributed by atoms with van der Waals surface area (Å²) in [5.41, 5.74) is 0.118. The van der Waals surface area contributed by atoms with E-state index in [-0.39, 0.29) is 17.5 Å². The molecule has 23 heavy (non-hydrogen) atoms. The smallest absolute Gasteiger partial charge is 0.262 e. The number of hydrogen-bond acceptors (Lipinski definition) is 3. The highest BCUT2D eigenvalue weighted by molar-refractivity contribution is 6.01. The molecule has 0 radical (unpaired) electrons. The van der Waals surface area contributed by atoms with Crippen molar-refractivity contribution >= 4 is 12.0 Å². The van der Waals surface area contributed by atoms with E-state index in [1.54, 1.807) is 6.08 Å². The fourth-order valence-electron chi connectivity index (χ4n) is 3.43. The summed E-state index contributed by atoms with van der Waals surface area (Å²) in [5, 5.41) is 12.3. The molecule has 1 heterocycles. The van der Waals surface area contributed by atoms with Crippen LogP contribution in [0.1, 0.15) is 63.4 Å². The van der Waals surface area contributed by atoms with Crippen LogP contribution >= 0.6 is 0 Å². The Balaban J connectivity index is 1.67. The Morgan fingerprint density at radius 1 is 1.30 bits per heavy atom. The van der Waals surface area contributed by atoms with Crippen molar-refractivity contribution in [1.29, 1.82) is 5.26 Å². The maximum Gasteiger partial charge on any atom is 0.262 e. The van der Waals surface area contributed by atoms with Crippen molar-refractivity contribution in [3.8, 4) is 6.07 Å². The zero-order valence-electron chi connectivity index (χ0n) is 13.8. The molecular formula is C19H24N2O2. The van der Waals surface area contributed by atoms with Crippen molar-refractivity contribution in [2.45, 2.75) is 57.9 Å². The summed E-state index contributed by atoms with van der Waals surface area (Å²) in [6.45, 7) is 4.36. The molecule has 1 N–H and O–H groups in total. The van der Waals surface area contributed by atoms with E-state index >= 15 is 0 Å². The number of nitrogens with one attached hydrogen (secondary N) is 1. The SMILES string of the molecule is C[C@H]1CCCC[C@H]1NC(=O)/C(C#N)=C/c1ccc([C@@H]2C[C@@H]2C)o1. The molecule has 0 aromatic carbocycles. The molecule has 2 saturated carbocycles. The standard InChI is InChI=1S/C19H24N2O2/c1-12-5-3-4-6-17(12)21-19(22)14(11-20)10-15-7-8-18(23-15)16-9-13(16)2/h7-8,10,12-13,16-17H,3-6,9H2,1-2H3,(H,21,22)/b14-10+/t12-,13-,16+,17+/m0/s1.